The molecule has 0 spiro atoms. The summed E-state index contributed by atoms with van der Waals surface area (Å²) in [6.07, 6.45) is 3.46. The molecule has 0 saturated heterocycles. The maximum absolute atomic E-state index is 12.1. The van der Waals surface area contributed by atoms with Crippen LogP contribution in [0.3, 0.4) is 0 Å². The van der Waals surface area contributed by atoms with Gasteiger partial charge in [-0.25, -0.2) is 0 Å². The van der Waals surface area contributed by atoms with Gasteiger partial charge in [0.25, 0.3) is 5.91 Å². The van der Waals surface area contributed by atoms with E-state index in [0.717, 1.165) is 18.4 Å². The minimum Gasteiger partial charge on any atom is -0.493 e. The number of ether oxygens (including phenoxy) is 2. The Morgan fingerprint density at radius 1 is 1.18 bits per heavy atom. The Hall–Kier alpha value is -3.77. The lowest BCUT2D eigenvalue weighted by atomic mass is 10.1. The van der Waals surface area contributed by atoms with Gasteiger partial charge in [-0.1, -0.05) is 18.2 Å². The Morgan fingerprint density at radius 2 is 1.93 bits per heavy atom. The van der Waals surface area contributed by atoms with Gasteiger partial charge in [0.1, 0.15) is 18.2 Å². The maximum Gasteiger partial charge on any atom is 0.262 e. The van der Waals surface area contributed by atoms with E-state index in [-0.39, 0.29) is 17.5 Å². The molecule has 6 heteroatoms. The summed E-state index contributed by atoms with van der Waals surface area (Å²) < 4.78 is 11.2. The third-order valence-electron chi connectivity index (χ3n) is 4.25. The second kappa shape index (κ2) is 8.75. The maximum atomic E-state index is 12.1. The SMILES string of the molecule is COc1cc(/C=C(\C#N)C(=O)NC2CC2)ccc1OCc1ccc(C#N)cc1. The summed E-state index contributed by atoms with van der Waals surface area (Å²) in [7, 11) is 1.53. The summed E-state index contributed by atoms with van der Waals surface area (Å²) in [4.78, 5) is 12.1. The van der Waals surface area contributed by atoms with E-state index in [2.05, 4.69) is 11.4 Å². The molecule has 6 nitrogen and oxygen atoms in total. The number of nitrogens with zero attached hydrogens (tertiary/aromatic N) is 2. The number of methoxy groups -OCH3 is 1. The average molecular weight is 373 g/mol. The molecule has 1 fully saturated rings. The normalized spacial score (nSPS) is 13.2. The zero-order chi connectivity index (χ0) is 19.9. The van der Waals surface area contributed by atoms with Crippen LogP contribution in [0.15, 0.2) is 48.0 Å². The summed E-state index contributed by atoms with van der Waals surface area (Å²) >= 11 is 0. The lowest BCUT2D eigenvalue weighted by Gasteiger charge is -2.12. The van der Waals surface area contributed by atoms with Crippen molar-refractivity contribution in [3.8, 4) is 23.6 Å². The Labute approximate surface area is 163 Å². The first kappa shape index (κ1) is 19.0. The van der Waals surface area contributed by atoms with Gasteiger partial charge in [-0.15, -0.1) is 0 Å². The van der Waals surface area contributed by atoms with Gasteiger partial charge in [-0.3, -0.25) is 4.79 Å². The molecule has 1 amide bonds. The van der Waals surface area contributed by atoms with Gasteiger partial charge in [0.05, 0.1) is 18.7 Å². The monoisotopic (exact) mass is 373 g/mol. The van der Waals surface area contributed by atoms with E-state index in [1.54, 1.807) is 30.3 Å². The van der Waals surface area contributed by atoms with E-state index < -0.39 is 0 Å². The molecule has 1 aliphatic rings. The fourth-order valence-electron chi connectivity index (χ4n) is 2.54. The molecule has 1 N–H and O–H groups in total. The Bertz CT molecular complexity index is 978. The van der Waals surface area contributed by atoms with E-state index in [0.29, 0.717) is 29.2 Å². The van der Waals surface area contributed by atoms with Gasteiger partial charge in [-0.05, 0) is 54.3 Å². The summed E-state index contributed by atoms with van der Waals surface area (Å²) in [6, 6.07) is 16.6. The van der Waals surface area contributed by atoms with Crippen LogP contribution in [0, 0.1) is 22.7 Å². The van der Waals surface area contributed by atoms with Gasteiger partial charge in [0.2, 0.25) is 0 Å². The third kappa shape index (κ3) is 4.90. The van der Waals surface area contributed by atoms with Crippen molar-refractivity contribution in [1.82, 2.24) is 5.32 Å². The van der Waals surface area contributed by atoms with Gasteiger partial charge < -0.3 is 14.8 Å². The molecule has 3 rings (SSSR count). The van der Waals surface area contributed by atoms with E-state index in [1.807, 2.05) is 18.2 Å². The van der Waals surface area contributed by atoms with Crippen molar-refractivity contribution in [2.45, 2.75) is 25.5 Å². The number of nitriles is 2. The molecule has 1 aliphatic carbocycles. The summed E-state index contributed by atoms with van der Waals surface area (Å²) in [6.45, 7) is 0.324. The van der Waals surface area contributed by atoms with Crippen molar-refractivity contribution in [2.75, 3.05) is 7.11 Å². The minimum atomic E-state index is -0.356. The first-order valence-electron chi connectivity index (χ1n) is 8.85. The lowest BCUT2D eigenvalue weighted by Crippen LogP contribution is -2.26. The molecule has 0 bridgehead atoms. The van der Waals surface area contributed by atoms with Gasteiger partial charge in [0.15, 0.2) is 11.5 Å². The smallest absolute Gasteiger partial charge is 0.262 e. The molecule has 0 atom stereocenters. The number of hydrogen-bond acceptors (Lipinski definition) is 5. The number of amides is 1. The topological polar surface area (TPSA) is 95.1 Å². The molecule has 140 valence electrons. The zero-order valence-corrected chi connectivity index (χ0v) is 15.4. The molecule has 0 unspecified atom stereocenters. The molecule has 0 aromatic heterocycles. The molecular formula is C22H19N3O3. The van der Waals surface area contributed by atoms with E-state index in [9.17, 15) is 10.1 Å². The highest BCUT2D eigenvalue weighted by Gasteiger charge is 2.24. The van der Waals surface area contributed by atoms with Crippen LogP contribution in [0.1, 0.15) is 29.5 Å². The Morgan fingerprint density at radius 3 is 2.54 bits per heavy atom. The summed E-state index contributed by atoms with van der Waals surface area (Å²) in [5.74, 6) is 0.692. The highest BCUT2D eigenvalue weighted by molar-refractivity contribution is 6.02. The molecule has 1 saturated carbocycles. The second-order valence-corrected chi connectivity index (χ2v) is 6.43. The predicted molar refractivity (Wildman–Crippen MR) is 103 cm³/mol. The van der Waals surface area contributed by atoms with Crippen molar-refractivity contribution in [3.05, 3.63) is 64.7 Å². The molecule has 28 heavy (non-hydrogen) atoms. The first-order valence-corrected chi connectivity index (χ1v) is 8.85. The number of carbonyl (C=O) groups is 1. The number of rotatable bonds is 7. The molecule has 0 heterocycles. The van der Waals surface area contributed by atoms with Crippen LogP contribution in [-0.2, 0) is 11.4 Å². The Kier molecular flexibility index (Phi) is 5.94. The quantitative estimate of drug-likeness (QED) is 0.593. The standard InChI is InChI=1S/C22H19N3O3/c1-27-21-11-17(10-18(13-24)22(26)25-19-7-8-19)6-9-20(21)28-14-16-4-2-15(12-23)3-5-16/h2-6,9-11,19H,7-8,14H2,1H3,(H,25,26)/b18-10+. The molecule has 2 aromatic rings. The van der Waals surface area contributed by atoms with Gasteiger partial charge >= 0.3 is 0 Å². The zero-order valence-electron chi connectivity index (χ0n) is 15.4. The molecule has 2 aromatic carbocycles. The van der Waals surface area contributed by atoms with Crippen LogP contribution in [0.25, 0.3) is 6.08 Å². The van der Waals surface area contributed by atoms with E-state index in [1.165, 1.54) is 13.2 Å². The van der Waals surface area contributed by atoms with Gasteiger partial charge in [0, 0.05) is 6.04 Å². The van der Waals surface area contributed by atoms with E-state index in [4.69, 9.17) is 14.7 Å². The minimum absolute atomic E-state index is 0.0557. The van der Waals surface area contributed by atoms with Crippen molar-refractivity contribution in [2.24, 2.45) is 0 Å². The van der Waals surface area contributed by atoms with Crippen LogP contribution < -0.4 is 14.8 Å². The van der Waals surface area contributed by atoms with Crippen molar-refractivity contribution in [3.63, 3.8) is 0 Å². The fourth-order valence-corrected chi connectivity index (χ4v) is 2.54. The van der Waals surface area contributed by atoms with Crippen molar-refractivity contribution >= 4 is 12.0 Å². The highest BCUT2D eigenvalue weighted by atomic mass is 16.5. The van der Waals surface area contributed by atoms with Crippen LogP contribution in [0.4, 0.5) is 0 Å². The van der Waals surface area contributed by atoms with Crippen LogP contribution in [0.2, 0.25) is 0 Å². The van der Waals surface area contributed by atoms with E-state index >= 15 is 0 Å². The Balaban J connectivity index is 1.72. The summed E-state index contributed by atoms with van der Waals surface area (Å²) in [5, 5.41) is 20.9. The van der Waals surface area contributed by atoms with Crippen molar-refractivity contribution in [1.29, 1.82) is 10.5 Å². The number of nitrogens with one attached hydrogen (secondary N) is 1. The summed E-state index contributed by atoms with van der Waals surface area (Å²) in [5.41, 5.74) is 2.25. The average Bonchev–Trinajstić information content (AvgIpc) is 3.55. The lowest BCUT2D eigenvalue weighted by molar-refractivity contribution is -0.117. The highest BCUT2D eigenvalue weighted by Crippen LogP contribution is 2.30. The van der Waals surface area contributed by atoms with Crippen LogP contribution in [-0.4, -0.2) is 19.1 Å². The molecule has 0 radical (unpaired) electrons. The van der Waals surface area contributed by atoms with Gasteiger partial charge in [-0.2, -0.15) is 10.5 Å². The van der Waals surface area contributed by atoms with Crippen LogP contribution in [0.5, 0.6) is 11.5 Å². The second-order valence-electron chi connectivity index (χ2n) is 6.43. The predicted octanol–water partition coefficient (Wildman–Crippen LogP) is 3.33. The number of hydrogen-bond donors (Lipinski definition) is 1. The number of benzene rings is 2. The fraction of sp³-hybridized carbons (Fsp3) is 0.227. The third-order valence-corrected chi connectivity index (χ3v) is 4.25. The van der Waals surface area contributed by atoms with Crippen molar-refractivity contribution < 1.29 is 14.3 Å². The number of carbonyl (C=O) groups excluding carboxylic acids is 1. The molecular weight excluding hydrogens is 354 g/mol. The first-order chi connectivity index (χ1) is 13.6. The van der Waals surface area contributed by atoms with Crippen LogP contribution >= 0.6 is 0 Å². The molecule has 0 aliphatic heterocycles. The largest absolute Gasteiger partial charge is 0.493 e.